The van der Waals surface area contributed by atoms with Crippen molar-refractivity contribution in [3.8, 4) is 11.8 Å². The summed E-state index contributed by atoms with van der Waals surface area (Å²) >= 11 is 0. The van der Waals surface area contributed by atoms with Crippen molar-refractivity contribution in [3.05, 3.63) is 64.6 Å². The molecular formula is C23H25N7O. The SMILES string of the molecule is CCC(C)NC(=O)c1nnn(-c2cccc3c2CCN(c2ccc(C#N)cn2)C3)c1C. The van der Waals surface area contributed by atoms with Gasteiger partial charge in [-0.25, -0.2) is 9.67 Å². The molecule has 1 aliphatic rings. The van der Waals surface area contributed by atoms with E-state index in [4.69, 9.17) is 5.26 Å². The molecule has 31 heavy (non-hydrogen) atoms. The zero-order valence-electron chi connectivity index (χ0n) is 18.0. The fourth-order valence-corrected chi connectivity index (χ4v) is 3.78. The van der Waals surface area contributed by atoms with Crippen LogP contribution in [0.25, 0.3) is 5.69 Å². The number of amides is 1. The van der Waals surface area contributed by atoms with Gasteiger partial charge in [0.25, 0.3) is 5.91 Å². The van der Waals surface area contributed by atoms with Crippen LogP contribution in [0.4, 0.5) is 5.82 Å². The van der Waals surface area contributed by atoms with Gasteiger partial charge in [-0.1, -0.05) is 24.3 Å². The van der Waals surface area contributed by atoms with Gasteiger partial charge in [-0.3, -0.25) is 4.79 Å². The molecule has 8 heteroatoms. The highest BCUT2D eigenvalue weighted by atomic mass is 16.2. The molecule has 0 fully saturated rings. The fraction of sp³-hybridized carbons (Fsp3) is 0.348. The number of nitriles is 1. The molecule has 0 spiro atoms. The Labute approximate surface area is 181 Å². The Morgan fingerprint density at radius 2 is 2.16 bits per heavy atom. The van der Waals surface area contributed by atoms with Gasteiger partial charge in [0.2, 0.25) is 0 Å². The van der Waals surface area contributed by atoms with Crippen LogP contribution < -0.4 is 10.2 Å². The number of rotatable bonds is 5. The largest absolute Gasteiger partial charge is 0.352 e. The predicted octanol–water partition coefficient (Wildman–Crippen LogP) is 2.93. The molecule has 3 heterocycles. The average molecular weight is 416 g/mol. The maximum absolute atomic E-state index is 12.6. The van der Waals surface area contributed by atoms with Gasteiger partial charge in [-0.2, -0.15) is 5.26 Å². The Morgan fingerprint density at radius 3 is 2.87 bits per heavy atom. The Morgan fingerprint density at radius 1 is 1.32 bits per heavy atom. The minimum Gasteiger partial charge on any atom is -0.352 e. The van der Waals surface area contributed by atoms with E-state index < -0.39 is 0 Å². The lowest BCUT2D eigenvalue weighted by Crippen LogP contribution is -2.32. The number of pyridine rings is 1. The van der Waals surface area contributed by atoms with E-state index in [1.54, 1.807) is 16.9 Å². The van der Waals surface area contributed by atoms with E-state index in [2.05, 4.69) is 37.6 Å². The molecule has 0 aliphatic carbocycles. The van der Waals surface area contributed by atoms with Crippen LogP contribution in [0.3, 0.4) is 0 Å². The van der Waals surface area contributed by atoms with Gasteiger partial charge in [-0.05, 0) is 56.0 Å². The molecule has 1 aromatic carbocycles. The number of carbonyl (C=O) groups excluding carboxylic acids is 1. The van der Waals surface area contributed by atoms with Crippen molar-refractivity contribution in [1.82, 2.24) is 25.3 Å². The Hall–Kier alpha value is -3.73. The summed E-state index contributed by atoms with van der Waals surface area (Å²) < 4.78 is 1.76. The van der Waals surface area contributed by atoms with Crippen LogP contribution in [0.5, 0.6) is 0 Å². The molecule has 8 nitrogen and oxygen atoms in total. The molecule has 3 aromatic rings. The second kappa shape index (κ2) is 8.56. The maximum atomic E-state index is 12.6. The number of benzene rings is 1. The quantitative estimate of drug-likeness (QED) is 0.688. The van der Waals surface area contributed by atoms with Crippen molar-refractivity contribution in [2.75, 3.05) is 11.4 Å². The minimum atomic E-state index is -0.194. The highest BCUT2D eigenvalue weighted by Gasteiger charge is 2.24. The summed E-state index contributed by atoms with van der Waals surface area (Å²) in [6, 6.07) is 12.0. The molecule has 1 amide bonds. The van der Waals surface area contributed by atoms with Gasteiger partial charge in [-0.15, -0.1) is 5.10 Å². The van der Waals surface area contributed by atoms with Gasteiger partial charge < -0.3 is 10.2 Å². The first-order valence-electron chi connectivity index (χ1n) is 10.5. The fourth-order valence-electron chi connectivity index (χ4n) is 3.78. The van der Waals surface area contributed by atoms with E-state index in [1.807, 2.05) is 39.0 Å². The first-order valence-corrected chi connectivity index (χ1v) is 10.5. The van der Waals surface area contributed by atoms with Crippen LogP contribution in [-0.2, 0) is 13.0 Å². The number of nitrogens with zero attached hydrogens (tertiary/aromatic N) is 6. The maximum Gasteiger partial charge on any atom is 0.273 e. The van der Waals surface area contributed by atoms with E-state index in [0.29, 0.717) is 11.3 Å². The van der Waals surface area contributed by atoms with Gasteiger partial charge >= 0.3 is 0 Å². The van der Waals surface area contributed by atoms with Crippen LogP contribution in [-0.4, -0.2) is 38.5 Å². The number of hydrogen-bond donors (Lipinski definition) is 1. The lowest BCUT2D eigenvalue weighted by molar-refractivity contribution is 0.0933. The Kier molecular flexibility index (Phi) is 5.67. The normalized spacial score (nSPS) is 13.9. The van der Waals surface area contributed by atoms with Crippen LogP contribution in [0.1, 0.15) is 53.1 Å². The molecule has 0 saturated heterocycles. The lowest BCUT2D eigenvalue weighted by atomic mass is 9.97. The third kappa shape index (κ3) is 3.99. The number of hydrogen-bond acceptors (Lipinski definition) is 6. The summed E-state index contributed by atoms with van der Waals surface area (Å²) in [6.07, 6.45) is 3.28. The highest BCUT2D eigenvalue weighted by Crippen LogP contribution is 2.28. The summed E-state index contributed by atoms with van der Waals surface area (Å²) in [5.74, 6) is 0.664. The van der Waals surface area contributed by atoms with E-state index in [0.717, 1.165) is 43.1 Å². The summed E-state index contributed by atoms with van der Waals surface area (Å²) in [7, 11) is 0. The molecule has 2 aromatic heterocycles. The minimum absolute atomic E-state index is 0.0864. The predicted molar refractivity (Wildman–Crippen MR) is 117 cm³/mol. The summed E-state index contributed by atoms with van der Waals surface area (Å²) in [6.45, 7) is 7.40. The molecule has 1 atom stereocenters. The van der Waals surface area contributed by atoms with Crippen molar-refractivity contribution in [3.63, 3.8) is 0 Å². The summed E-state index contributed by atoms with van der Waals surface area (Å²) in [5.41, 5.74) is 4.99. The van der Waals surface area contributed by atoms with Crippen molar-refractivity contribution < 1.29 is 4.79 Å². The van der Waals surface area contributed by atoms with Crippen LogP contribution in [0, 0.1) is 18.3 Å². The third-order valence-corrected chi connectivity index (χ3v) is 5.77. The molecule has 0 radical (unpaired) electrons. The van der Waals surface area contributed by atoms with Crippen LogP contribution in [0.2, 0.25) is 0 Å². The van der Waals surface area contributed by atoms with Crippen molar-refractivity contribution >= 4 is 11.7 Å². The standard InChI is InChI=1S/C23H25N7O/c1-4-15(2)26-23(31)22-16(3)30(28-27-22)20-7-5-6-18-14-29(11-10-19(18)20)21-9-8-17(12-24)13-25-21/h5-9,13,15H,4,10-11,14H2,1-3H3,(H,26,31). The van der Waals surface area contributed by atoms with Gasteiger partial charge in [0.05, 0.1) is 16.9 Å². The van der Waals surface area contributed by atoms with Crippen molar-refractivity contribution in [2.45, 2.75) is 46.2 Å². The topological polar surface area (TPSA) is 99.7 Å². The van der Waals surface area contributed by atoms with Crippen LogP contribution in [0.15, 0.2) is 36.5 Å². The molecular weight excluding hydrogens is 390 g/mol. The molecule has 0 bridgehead atoms. The third-order valence-electron chi connectivity index (χ3n) is 5.77. The number of aromatic nitrogens is 4. The number of anilines is 1. The second-order valence-electron chi connectivity index (χ2n) is 7.82. The molecule has 158 valence electrons. The average Bonchev–Trinajstić information content (AvgIpc) is 3.19. The first kappa shape index (κ1) is 20.5. The van der Waals surface area contributed by atoms with Crippen LogP contribution >= 0.6 is 0 Å². The van der Waals surface area contributed by atoms with Gasteiger partial charge in [0, 0.05) is 25.3 Å². The van der Waals surface area contributed by atoms with E-state index in [1.165, 1.54) is 11.1 Å². The van der Waals surface area contributed by atoms with Gasteiger partial charge in [0.15, 0.2) is 5.69 Å². The molecule has 0 saturated carbocycles. The second-order valence-corrected chi connectivity index (χ2v) is 7.82. The Balaban J connectivity index is 1.61. The number of nitrogens with one attached hydrogen (secondary N) is 1. The Bertz CT molecular complexity index is 1140. The van der Waals surface area contributed by atoms with Crippen molar-refractivity contribution in [1.29, 1.82) is 5.26 Å². The zero-order chi connectivity index (χ0) is 22.0. The monoisotopic (exact) mass is 415 g/mol. The molecule has 1 aliphatic heterocycles. The van der Waals surface area contributed by atoms with E-state index in [-0.39, 0.29) is 11.9 Å². The number of fused-ring (bicyclic) bond motifs is 1. The summed E-state index contributed by atoms with van der Waals surface area (Å²) in [5, 5.41) is 20.4. The number of carbonyl (C=O) groups is 1. The van der Waals surface area contributed by atoms with Crippen molar-refractivity contribution in [2.24, 2.45) is 0 Å². The van der Waals surface area contributed by atoms with E-state index >= 15 is 0 Å². The zero-order valence-corrected chi connectivity index (χ0v) is 18.0. The molecule has 1 unspecified atom stereocenters. The first-order chi connectivity index (χ1) is 15.0. The van der Waals surface area contributed by atoms with Gasteiger partial charge in [0.1, 0.15) is 11.9 Å². The summed E-state index contributed by atoms with van der Waals surface area (Å²) in [4.78, 5) is 19.2. The lowest BCUT2D eigenvalue weighted by Gasteiger charge is -2.31. The smallest absolute Gasteiger partial charge is 0.273 e. The molecule has 4 rings (SSSR count). The highest BCUT2D eigenvalue weighted by molar-refractivity contribution is 5.93. The molecule has 1 N–H and O–H groups in total. The van der Waals surface area contributed by atoms with E-state index in [9.17, 15) is 4.79 Å².